The molecule has 4 rings (SSSR count). The second-order valence-electron chi connectivity index (χ2n) is 9.31. The maximum Gasteiger partial charge on any atom is 0.273 e. The minimum absolute atomic E-state index is 0.0159. The second-order valence-corrected chi connectivity index (χ2v) is 9.74. The van der Waals surface area contributed by atoms with Crippen LogP contribution in [0.2, 0.25) is 5.02 Å². The van der Waals surface area contributed by atoms with E-state index in [-0.39, 0.29) is 36.3 Å². The molecule has 0 aliphatic heterocycles. The van der Waals surface area contributed by atoms with Gasteiger partial charge in [0, 0.05) is 35.3 Å². The Labute approximate surface area is 215 Å². The number of hydrogen-bond donors (Lipinski definition) is 1. The molecule has 0 spiro atoms. The molecule has 1 unspecified atom stereocenters. The topological polar surface area (TPSA) is 49.4 Å². The fraction of sp³-hybridized carbons (Fsp3) is 0.310. The van der Waals surface area contributed by atoms with E-state index in [0.717, 1.165) is 18.4 Å². The first-order chi connectivity index (χ1) is 17.2. The van der Waals surface area contributed by atoms with Gasteiger partial charge in [-0.2, -0.15) is 0 Å². The number of carbonyl (C=O) groups is 2. The summed E-state index contributed by atoms with van der Waals surface area (Å²) in [5, 5.41) is 3.46. The van der Waals surface area contributed by atoms with Crippen molar-refractivity contribution in [2.75, 3.05) is 12.4 Å². The van der Waals surface area contributed by atoms with Gasteiger partial charge in [-0.1, -0.05) is 54.9 Å². The Morgan fingerprint density at radius 1 is 1.00 bits per heavy atom. The lowest BCUT2D eigenvalue weighted by molar-refractivity contribution is -0.115. The van der Waals surface area contributed by atoms with E-state index in [9.17, 15) is 18.4 Å². The zero-order valence-corrected chi connectivity index (χ0v) is 21.1. The molecular formula is C29H29ClF2N2O2. The van der Waals surface area contributed by atoms with Gasteiger partial charge < -0.3 is 10.2 Å². The van der Waals surface area contributed by atoms with Crippen molar-refractivity contribution >= 4 is 29.1 Å². The third-order valence-electron chi connectivity index (χ3n) is 6.62. The monoisotopic (exact) mass is 510 g/mol. The SMILES string of the molecule is CCC(F)(F)c1ccc(CC(=O)Nc2ccc(C(=O)N(C)C(c3ccc(Cl)cc3)C3CC3)cc2)cc1. The summed E-state index contributed by atoms with van der Waals surface area (Å²) < 4.78 is 27.6. The van der Waals surface area contributed by atoms with E-state index < -0.39 is 5.92 Å². The highest BCUT2D eigenvalue weighted by atomic mass is 35.5. The van der Waals surface area contributed by atoms with Crippen molar-refractivity contribution in [2.24, 2.45) is 5.92 Å². The quantitative estimate of drug-likeness (QED) is 0.329. The van der Waals surface area contributed by atoms with E-state index >= 15 is 0 Å². The van der Waals surface area contributed by atoms with Gasteiger partial charge in [0.25, 0.3) is 11.8 Å². The first-order valence-corrected chi connectivity index (χ1v) is 12.5. The summed E-state index contributed by atoms with van der Waals surface area (Å²) in [4.78, 5) is 27.4. The predicted octanol–water partition coefficient (Wildman–Crippen LogP) is 7.25. The third-order valence-corrected chi connectivity index (χ3v) is 6.87. The number of carbonyl (C=O) groups excluding carboxylic acids is 2. The molecule has 0 aromatic heterocycles. The molecule has 188 valence electrons. The Bertz CT molecular complexity index is 1210. The fourth-order valence-corrected chi connectivity index (χ4v) is 4.50. The molecular weight excluding hydrogens is 482 g/mol. The lowest BCUT2D eigenvalue weighted by Gasteiger charge is -2.29. The highest BCUT2D eigenvalue weighted by Crippen LogP contribution is 2.44. The van der Waals surface area contributed by atoms with Crippen molar-refractivity contribution < 1.29 is 18.4 Å². The standard InChI is InChI=1S/C29H29ClF2N2O2/c1-3-29(31,32)23-12-4-19(5-13-23)18-26(35)33-25-16-10-22(11-17-25)28(36)34(2)27(20-6-7-20)21-8-14-24(30)15-9-21/h4-5,8-17,20,27H,3,6-7,18H2,1-2H3,(H,33,35). The molecule has 36 heavy (non-hydrogen) atoms. The summed E-state index contributed by atoms with van der Waals surface area (Å²) in [6, 6.07) is 20.2. The van der Waals surface area contributed by atoms with Crippen molar-refractivity contribution in [1.82, 2.24) is 4.90 Å². The molecule has 0 radical (unpaired) electrons. The van der Waals surface area contributed by atoms with Crippen LogP contribution in [0.5, 0.6) is 0 Å². The van der Waals surface area contributed by atoms with E-state index in [2.05, 4.69) is 5.32 Å². The number of alkyl halides is 2. The first kappa shape index (κ1) is 25.8. The Balaban J connectivity index is 1.37. The van der Waals surface area contributed by atoms with Crippen LogP contribution in [0.4, 0.5) is 14.5 Å². The van der Waals surface area contributed by atoms with Crippen LogP contribution in [-0.4, -0.2) is 23.8 Å². The minimum Gasteiger partial charge on any atom is -0.334 e. The van der Waals surface area contributed by atoms with E-state index in [0.29, 0.717) is 27.8 Å². The number of hydrogen-bond acceptors (Lipinski definition) is 2. The van der Waals surface area contributed by atoms with Gasteiger partial charge in [0.2, 0.25) is 5.91 Å². The van der Waals surface area contributed by atoms with Crippen LogP contribution in [0.15, 0.2) is 72.8 Å². The van der Waals surface area contributed by atoms with Crippen LogP contribution < -0.4 is 5.32 Å². The Kier molecular flexibility index (Phi) is 7.74. The Morgan fingerprint density at radius 2 is 1.61 bits per heavy atom. The molecule has 0 heterocycles. The molecule has 4 nitrogen and oxygen atoms in total. The zero-order chi connectivity index (χ0) is 25.9. The molecule has 0 bridgehead atoms. The second kappa shape index (κ2) is 10.8. The number of anilines is 1. The molecule has 1 atom stereocenters. The Hall–Kier alpha value is -3.25. The van der Waals surface area contributed by atoms with Gasteiger partial charge in [-0.3, -0.25) is 9.59 Å². The highest BCUT2D eigenvalue weighted by Gasteiger charge is 2.37. The molecule has 1 saturated carbocycles. The summed E-state index contributed by atoms with van der Waals surface area (Å²) in [5.74, 6) is -2.80. The van der Waals surface area contributed by atoms with Crippen LogP contribution in [0.3, 0.4) is 0 Å². The van der Waals surface area contributed by atoms with E-state index in [1.54, 1.807) is 41.3 Å². The molecule has 0 saturated heterocycles. The maximum atomic E-state index is 13.8. The van der Waals surface area contributed by atoms with Crippen molar-refractivity contribution in [3.63, 3.8) is 0 Å². The number of nitrogens with zero attached hydrogens (tertiary/aromatic N) is 1. The van der Waals surface area contributed by atoms with Crippen molar-refractivity contribution in [1.29, 1.82) is 0 Å². The summed E-state index contributed by atoms with van der Waals surface area (Å²) in [6.07, 6.45) is 1.95. The largest absolute Gasteiger partial charge is 0.334 e. The average molecular weight is 511 g/mol. The lowest BCUT2D eigenvalue weighted by atomic mass is 10.00. The summed E-state index contributed by atoms with van der Waals surface area (Å²) in [7, 11) is 1.82. The molecule has 1 fully saturated rings. The molecule has 7 heteroatoms. The normalized spacial score (nSPS) is 14.2. The number of amides is 2. The van der Waals surface area contributed by atoms with Crippen LogP contribution in [0, 0.1) is 5.92 Å². The smallest absolute Gasteiger partial charge is 0.273 e. The van der Waals surface area contributed by atoms with Gasteiger partial charge in [0.1, 0.15) is 0 Å². The first-order valence-electron chi connectivity index (χ1n) is 12.1. The molecule has 1 aliphatic carbocycles. The molecule has 2 amide bonds. The number of rotatable bonds is 9. The molecule has 3 aromatic rings. The summed E-state index contributed by atoms with van der Waals surface area (Å²) in [6.45, 7) is 1.43. The summed E-state index contributed by atoms with van der Waals surface area (Å²) >= 11 is 6.04. The van der Waals surface area contributed by atoms with Gasteiger partial charge in [-0.15, -0.1) is 0 Å². The molecule has 3 aromatic carbocycles. The van der Waals surface area contributed by atoms with E-state index in [4.69, 9.17) is 11.6 Å². The maximum absolute atomic E-state index is 13.8. The minimum atomic E-state index is -2.87. The van der Waals surface area contributed by atoms with Crippen LogP contribution in [-0.2, 0) is 17.1 Å². The number of halogens is 3. The van der Waals surface area contributed by atoms with Gasteiger partial charge in [0.05, 0.1) is 12.5 Å². The average Bonchev–Trinajstić information content (AvgIpc) is 3.71. The lowest BCUT2D eigenvalue weighted by Crippen LogP contribution is -2.32. The Morgan fingerprint density at radius 3 is 2.17 bits per heavy atom. The predicted molar refractivity (Wildman–Crippen MR) is 138 cm³/mol. The number of nitrogens with one attached hydrogen (secondary N) is 1. The van der Waals surface area contributed by atoms with Gasteiger partial charge in [-0.05, 0) is 66.3 Å². The van der Waals surface area contributed by atoms with Crippen molar-refractivity contribution in [3.8, 4) is 0 Å². The zero-order valence-electron chi connectivity index (χ0n) is 20.3. The van der Waals surface area contributed by atoms with Gasteiger partial charge in [-0.25, -0.2) is 8.78 Å². The van der Waals surface area contributed by atoms with Crippen molar-refractivity contribution in [3.05, 3.63) is 100 Å². The molecule has 1 aliphatic rings. The molecule has 1 N–H and O–H groups in total. The van der Waals surface area contributed by atoms with Crippen LogP contribution in [0.1, 0.15) is 59.3 Å². The highest BCUT2D eigenvalue weighted by molar-refractivity contribution is 6.30. The summed E-state index contributed by atoms with van der Waals surface area (Å²) in [5.41, 5.74) is 2.74. The van der Waals surface area contributed by atoms with E-state index in [1.807, 2.05) is 31.3 Å². The van der Waals surface area contributed by atoms with Gasteiger partial charge in [0.15, 0.2) is 0 Å². The number of benzene rings is 3. The third kappa shape index (κ3) is 6.11. The van der Waals surface area contributed by atoms with E-state index in [1.165, 1.54) is 19.1 Å². The van der Waals surface area contributed by atoms with Crippen LogP contribution >= 0.6 is 11.6 Å². The fourth-order valence-electron chi connectivity index (χ4n) is 4.37. The van der Waals surface area contributed by atoms with Crippen LogP contribution in [0.25, 0.3) is 0 Å². The van der Waals surface area contributed by atoms with Crippen molar-refractivity contribution in [2.45, 2.75) is 44.6 Å². The van der Waals surface area contributed by atoms with Gasteiger partial charge >= 0.3 is 0 Å².